The summed E-state index contributed by atoms with van der Waals surface area (Å²) in [5.41, 5.74) is 0. The quantitative estimate of drug-likeness (QED) is 0.753. The van der Waals surface area contributed by atoms with E-state index in [1.165, 1.54) is 12.2 Å². The van der Waals surface area contributed by atoms with Crippen molar-refractivity contribution in [2.24, 2.45) is 0 Å². The van der Waals surface area contributed by atoms with Crippen LogP contribution in [0.2, 0.25) is 0 Å². The largest absolute Gasteiger partial charge is 0.463 e. The molecule has 0 radical (unpaired) electrons. The number of hydrogen-bond acceptors (Lipinski definition) is 2. The van der Waals surface area contributed by atoms with Gasteiger partial charge in [-0.1, -0.05) is 0 Å². The van der Waals surface area contributed by atoms with E-state index in [-0.39, 0.29) is 13.2 Å². The van der Waals surface area contributed by atoms with Crippen molar-refractivity contribution in [3.63, 3.8) is 0 Å². The lowest BCUT2D eigenvalue weighted by Crippen LogP contribution is -2.53. The lowest BCUT2D eigenvalue weighted by Gasteiger charge is -2.21. The van der Waals surface area contributed by atoms with Crippen LogP contribution < -0.4 is 5.32 Å². The molecule has 0 aromatic rings. The molecule has 0 aromatic carbocycles. The number of halogens is 5. The van der Waals surface area contributed by atoms with E-state index in [1.54, 1.807) is 6.92 Å². The second-order valence-corrected chi connectivity index (χ2v) is 3.11. The monoisotopic (exact) mass is 249 g/mol. The van der Waals surface area contributed by atoms with E-state index >= 15 is 0 Å². The summed E-state index contributed by atoms with van der Waals surface area (Å²) >= 11 is 0. The summed E-state index contributed by atoms with van der Waals surface area (Å²) in [4.78, 5) is 10.6. The van der Waals surface area contributed by atoms with Gasteiger partial charge in [-0.2, -0.15) is 22.0 Å². The Labute approximate surface area is 88.9 Å². The number of carbonyl (C=O) groups excluding carboxylic acids is 1. The Bertz CT molecular complexity index is 241. The maximum atomic E-state index is 12.4. The fourth-order valence-electron chi connectivity index (χ4n) is 0.779. The first-order valence-corrected chi connectivity index (χ1v) is 4.46. The fraction of sp³-hybridized carbons (Fsp3) is 0.875. The molecule has 0 aromatic heterocycles. The van der Waals surface area contributed by atoms with Gasteiger partial charge in [-0.25, -0.2) is 0 Å². The third kappa shape index (κ3) is 3.92. The predicted molar refractivity (Wildman–Crippen MR) is 45.1 cm³/mol. The average Bonchev–Trinajstić information content (AvgIpc) is 2.12. The van der Waals surface area contributed by atoms with Gasteiger partial charge in [0.1, 0.15) is 0 Å². The van der Waals surface area contributed by atoms with Crippen LogP contribution >= 0.6 is 0 Å². The van der Waals surface area contributed by atoms with Crippen molar-refractivity contribution in [1.82, 2.24) is 5.32 Å². The highest BCUT2D eigenvalue weighted by Gasteiger charge is 2.63. The number of amides is 1. The summed E-state index contributed by atoms with van der Waals surface area (Å²) in [6.45, 7) is 3.03. The van der Waals surface area contributed by atoms with Gasteiger partial charge in [0.05, 0.1) is 6.61 Å². The number of alkyl halides is 5. The molecule has 0 saturated carbocycles. The predicted octanol–water partition coefficient (Wildman–Crippen LogP) is 1.73. The molecule has 0 heterocycles. The highest BCUT2D eigenvalue weighted by molar-refractivity contribution is 5.84. The van der Waals surface area contributed by atoms with E-state index in [0.717, 1.165) is 0 Å². The first-order chi connectivity index (χ1) is 7.13. The molecule has 1 atom stereocenters. The van der Waals surface area contributed by atoms with E-state index in [9.17, 15) is 26.7 Å². The Kier molecular flexibility index (Phi) is 5.11. The summed E-state index contributed by atoms with van der Waals surface area (Å²) in [5, 5.41) is 1.53. The zero-order valence-corrected chi connectivity index (χ0v) is 8.70. The molecule has 0 spiro atoms. The van der Waals surface area contributed by atoms with E-state index < -0.39 is 24.0 Å². The van der Waals surface area contributed by atoms with Crippen LogP contribution in [0.5, 0.6) is 0 Å². The SMILES string of the molecule is CCOCC(C)NC(=O)C(F)(F)C(F)(F)F. The van der Waals surface area contributed by atoms with Crippen molar-refractivity contribution in [3.8, 4) is 0 Å². The van der Waals surface area contributed by atoms with E-state index in [0.29, 0.717) is 0 Å². The summed E-state index contributed by atoms with van der Waals surface area (Å²) < 4.78 is 64.8. The second kappa shape index (κ2) is 5.42. The van der Waals surface area contributed by atoms with Crippen LogP contribution in [0.4, 0.5) is 22.0 Å². The van der Waals surface area contributed by atoms with Crippen LogP contribution in [-0.4, -0.2) is 37.3 Å². The molecular formula is C8H12F5NO2. The van der Waals surface area contributed by atoms with Crippen molar-refractivity contribution in [3.05, 3.63) is 0 Å². The number of ether oxygens (including phenoxy) is 1. The molecule has 3 nitrogen and oxygen atoms in total. The molecule has 1 amide bonds. The minimum absolute atomic E-state index is 0.129. The zero-order chi connectivity index (χ0) is 13.0. The molecule has 0 fully saturated rings. The summed E-state index contributed by atoms with van der Waals surface area (Å²) in [6.07, 6.45) is -5.89. The van der Waals surface area contributed by atoms with Gasteiger partial charge in [0.15, 0.2) is 0 Å². The van der Waals surface area contributed by atoms with E-state index in [4.69, 9.17) is 4.74 Å². The van der Waals surface area contributed by atoms with Gasteiger partial charge in [-0.15, -0.1) is 0 Å². The van der Waals surface area contributed by atoms with Crippen molar-refractivity contribution in [2.75, 3.05) is 13.2 Å². The topological polar surface area (TPSA) is 38.3 Å². The molecule has 1 unspecified atom stereocenters. The third-order valence-electron chi connectivity index (χ3n) is 1.59. The third-order valence-corrected chi connectivity index (χ3v) is 1.59. The lowest BCUT2D eigenvalue weighted by molar-refractivity contribution is -0.270. The highest BCUT2D eigenvalue weighted by Crippen LogP contribution is 2.35. The first-order valence-electron chi connectivity index (χ1n) is 4.46. The Balaban J connectivity index is 4.35. The fourth-order valence-corrected chi connectivity index (χ4v) is 0.779. The van der Waals surface area contributed by atoms with Gasteiger partial charge < -0.3 is 10.1 Å². The molecule has 1 N–H and O–H groups in total. The Morgan fingerprint density at radius 1 is 1.31 bits per heavy atom. The maximum Gasteiger partial charge on any atom is 0.463 e. The van der Waals surface area contributed by atoms with E-state index in [2.05, 4.69) is 0 Å². The van der Waals surface area contributed by atoms with Gasteiger partial charge in [0.2, 0.25) is 0 Å². The van der Waals surface area contributed by atoms with E-state index in [1.807, 2.05) is 0 Å². The molecule has 0 aliphatic rings. The summed E-state index contributed by atoms with van der Waals surface area (Å²) in [6, 6.07) is -0.916. The van der Waals surface area contributed by atoms with Gasteiger partial charge >= 0.3 is 18.0 Å². The Morgan fingerprint density at radius 3 is 2.19 bits per heavy atom. The highest BCUT2D eigenvalue weighted by atomic mass is 19.4. The number of carbonyl (C=O) groups is 1. The zero-order valence-electron chi connectivity index (χ0n) is 8.70. The average molecular weight is 249 g/mol. The molecule has 0 aliphatic carbocycles. The standard InChI is InChI=1S/C8H12F5NO2/c1-3-16-4-5(2)14-6(15)7(9,10)8(11,12)13/h5H,3-4H2,1-2H3,(H,14,15). The van der Waals surface area contributed by atoms with Crippen molar-refractivity contribution in [1.29, 1.82) is 0 Å². The van der Waals surface area contributed by atoms with Crippen molar-refractivity contribution < 1.29 is 31.5 Å². The minimum atomic E-state index is -5.89. The van der Waals surface area contributed by atoms with Crippen LogP contribution in [0.1, 0.15) is 13.8 Å². The summed E-state index contributed by atoms with van der Waals surface area (Å²) in [5.74, 6) is -7.75. The number of rotatable bonds is 5. The van der Waals surface area contributed by atoms with Crippen LogP contribution in [0.15, 0.2) is 0 Å². The smallest absolute Gasteiger partial charge is 0.380 e. The molecular weight excluding hydrogens is 237 g/mol. The molecule has 0 bridgehead atoms. The molecule has 16 heavy (non-hydrogen) atoms. The maximum absolute atomic E-state index is 12.4. The van der Waals surface area contributed by atoms with Gasteiger partial charge in [-0.05, 0) is 13.8 Å². The van der Waals surface area contributed by atoms with Gasteiger partial charge in [-0.3, -0.25) is 4.79 Å². The van der Waals surface area contributed by atoms with Crippen LogP contribution in [-0.2, 0) is 9.53 Å². The van der Waals surface area contributed by atoms with Crippen LogP contribution in [0.3, 0.4) is 0 Å². The Hall–Kier alpha value is -0.920. The normalized spacial score (nSPS) is 14.7. The Morgan fingerprint density at radius 2 is 1.81 bits per heavy atom. The molecule has 0 aliphatic heterocycles. The first kappa shape index (κ1) is 15.1. The van der Waals surface area contributed by atoms with Gasteiger partial charge in [0, 0.05) is 12.6 Å². The summed E-state index contributed by atoms with van der Waals surface area (Å²) in [7, 11) is 0. The number of hydrogen-bond donors (Lipinski definition) is 1. The molecule has 0 saturated heterocycles. The van der Waals surface area contributed by atoms with Gasteiger partial charge in [0.25, 0.3) is 0 Å². The lowest BCUT2D eigenvalue weighted by atomic mass is 10.2. The molecule has 96 valence electrons. The van der Waals surface area contributed by atoms with Crippen LogP contribution in [0.25, 0.3) is 0 Å². The molecule has 8 heteroatoms. The second-order valence-electron chi connectivity index (χ2n) is 3.11. The minimum Gasteiger partial charge on any atom is -0.380 e. The van der Waals surface area contributed by atoms with Crippen molar-refractivity contribution in [2.45, 2.75) is 32.0 Å². The van der Waals surface area contributed by atoms with Crippen LogP contribution in [0, 0.1) is 0 Å². The van der Waals surface area contributed by atoms with Crippen molar-refractivity contribution >= 4 is 5.91 Å². The number of nitrogens with one attached hydrogen (secondary N) is 1. The molecule has 0 rings (SSSR count).